The molecule has 0 aromatic heterocycles. The van der Waals surface area contributed by atoms with Gasteiger partial charge in [-0.3, -0.25) is 0 Å². The number of aromatic carboxylic acids is 1. The Morgan fingerprint density at radius 3 is 2.15 bits per heavy atom. The maximum absolute atomic E-state index is 13.0. The quantitative estimate of drug-likeness (QED) is 0.611. The first-order chi connectivity index (χ1) is 12.0. The summed E-state index contributed by atoms with van der Waals surface area (Å²) in [5, 5.41) is 10.8. The van der Waals surface area contributed by atoms with E-state index in [-0.39, 0.29) is 0 Å². The molecular formula is C18H14F3O5-. The van der Waals surface area contributed by atoms with Crippen LogP contribution >= 0.6 is 0 Å². The average molecular weight is 367 g/mol. The van der Waals surface area contributed by atoms with E-state index < -0.39 is 40.8 Å². The fraction of sp³-hybridized carbons (Fsp3) is 0.222. The van der Waals surface area contributed by atoms with E-state index in [0.717, 1.165) is 0 Å². The van der Waals surface area contributed by atoms with Crippen LogP contribution in [0.1, 0.15) is 35.3 Å². The zero-order valence-corrected chi connectivity index (χ0v) is 13.8. The van der Waals surface area contributed by atoms with Crippen LogP contribution in [-0.2, 0) is 16.5 Å². The Morgan fingerprint density at radius 1 is 1.00 bits per heavy atom. The molecule has 8 heteroatoms. The van der Waals surface area contributed by atoms with Gasteiger partial charge >= 0.3 is 12.3 Å². The Balaban J connectivity index is 2.27. The number of carboxylic acid groups (broad SMARTS) is 1. The monoisotopic (exact) mass is 367 g/mol. The number of hydrogen-bond acceptors (Lipinski definition) is 5. The topological polar surface area (TPSA) is 75.7 Å². The molecule has 0 unspecified atom stereocenters. The molecule has 0 saturated carbocycles. The zero-order valence-electron chi connectivity index (χ0n) is 13.8. The van der Waals surface area contributed by atoms with Gasteiger partial charge in [-0.15, -0.1) is 0 Å². The highest BCUT2D eigenvalue weighted by molar-refractivity contribution is 5.86. The van der Waals surface area contributed by atoms with Gasteiger partial charge in [-0.25, -0.2) is 4.79 Å². The van der Waals surface area contributed by atoms with Crippen molar-refractivity contribution in [2.75, 3.05) is 0 Å². The van der Waals surface area contributed by atoms with E-state index in [1.54, 1.807) is 30.3 Å². The van der Waals surface area contributed by atoms with Crippen LogP contribution in [0.2, 0.25) is 0 Å². The summed E-state index contributed by atoms with van der Waals surface area (Å²) < 4.78 is 48.9. The van der Waals surface area contributed by atoms with Crippen molar-refractivity contribution >= 4 is 12.1 Å². The molecule has 0 heterocycles. The average Bonchev–Trinajstić information content (AvgIpc) is 2.54. The van der Waals surface area contributed by atoms with Crippen molar-refractivity contribution in [2.24, 2.45) is 0 Å². The molecule has 0 spiro atoms. The van der Waals surface area contributed by atoms with Crippen molar-refractivity contribution in [3.63, 3.8) is 0 Å². The predicted molar refractivity (Wildman–Crippen MR) is 82.4 cm³/mol. The third-order valence-corrected chi connectivity index (χ3v) is 3.52. The highest BCUT2D eigenvalue weighted by Crippen LogP contribution is 2.37. The number of carbonyl (C=O) groups excluding carboxylic acids is 2. The van der Waals surface area contributed by atoms with Gasteiger partial charge in [0.2, 0.25) is 0 Å². The molecular weight excluding hydrogens is 353 g/mol. The molecule has 0 N–H and O–H groups in total. The predicted octanol–water partition coefficient (Wildman–Crippen LogP) is 3.52. The molecule has 0 aliphatic heterocycles. The lowest BCUT2D eigenvalue weighted by Gasteiger charge is -2.25. The van der Waals surface area contributed by atoms with Crippen molar-refractivity contribution in [1.82, 2.24) is 0 Å². The molecule has 0 aliphatic rings. The number of carboxylic acids is 1. The molecule has 0 saturated heterocycles. The van der Waals surface area contributed by atoms with Gasteiger partial charge in [-0.05, 0) is 31.5 Å². The van der Waals surface area contributed by atoms with Crippen LogP contribution in [0.3, 0.4) is 0 Å². The van der Waals surface area contributed by atoms with E-state index in [4.69, 9.17) is 4.74 Å². The van der Waals surface area contributed by atoms with Crippen molar-refractivity contribution in [1.29, 1.82) is 0 Å². The van der Waals surface area contributed by atoms with Gasteiger partial charge in [-0.2, -0.15) is 13.2 Å². The second kappa shape index (κ2) is 7.07. The van der Waals surface area contributed by atoms with E-state index in [2.05, 4.69) is 4.74 Å². The summed E-state index contributed by atoms with van der Waals surface area (Å²) in [5.74, 6) is -2.69. The molecule has 0 amide bonds. The minimum atomic E-state index is -4.85. The highest BCUT2D eigenvalue weighted by atomic mass is 19.4. The van der Waals surface area contributed by atoms with Gasteiger partial charge in [0.1, 0.15) is 11.4 Å². The third kappa shape index (κ3) is 4.53. The molecule has 26 heavy (non-hydrogen) atoms. The minimum Gasteiger partial charge on any atom is -0.545 e. The third-order valence-electron chi connectivity index (χ3n) is 3.52. The van der Waals surface area contributed by atoms with E-state index in [0.29, 0.717) is 23.8 Å². The smallest absolute Gasteiger partial charge is 0.514 e. The number of halogens is 3. The van der Waals surface area contributed by atoms with Crippen LogP contribution in [0, 0.1) is 0 Å². The minimum absolute atomic E-state index is 0.496. The van der Waals surface area contributed by atoms with Crippen LogP contribution < -0.4 is 9.84 Å². The van der Waals surface area contributed by atoms with Gasteiger partial charge in [-0.1, -0.05) is 36.4 Å². The van der Waals surface area contributed by atoms with Gasteiger partial charge < -0.3 is 19.4 Å². The van der Waals surface area contributed by atoms with E-state index in [1.807, 2.05) is 0 Å². The number of benzene rings is 2. The first-order valence-electron chi connectivity index (χ1n) is 7.39. The fourth-order valence-electron chi connectivity index (χ4n) is 2.19. The Hall–Kier alpha value is -3.03. The Kier molecular flexibility index (Phi) is 5.25. The number of alkyl halides is 3. The molecule has 2 aromatic carbocycles. The molecule has 2 rings (SSSR count). The Labute approximate surface area is 147 Å². The van der Waals surface area contributed by atoms with Crippen LogP contribution in [0.4, 0.5) is 18.0 Å². The summed E-state index contributed by atoms with van der Waals surface area (Å²) in [6.45, 7) is 3.07. The lowest BCUT2D eigenvalue weighted by atomic mass is 9.98. The first-order valence-corrected chi connectivity index (χ1v) is 7.39. The lowest BCUT2D eigenvalue weighted by molar-refractivity contribution is -0.255. The molecule has 0 atom stereocenters. The molecule has 2 aromatic rings. The van der Waals surface area contributed by atoms with E-state index >= 15 is 0 Å². The van der Waals surface area contributed by atoms with Crippen LogP contribution in [0.25, 0.3) is 0 Å². The van der Waals surface area contributed by atoms with Gasteiger partial charge in [0.05, 0.1) is 11.5 Å². The summed E-state index contributed by atoms with van der Waals surface area (Å²) >= 11 is 0. The standard InChI is InChI=1S/C18H15F3O5/c1-17(2,12-6-4-3-5-7-12)26-16(24)25-14-10-11(15(22)23)8-9-13(14)18(19,20)21/h3-10H,1-2H3,(H,22,23)/p-1. The molecule has 0 bridgehead atoms. The summed E-state index contributed by atoms with van der Waals surface area (Å²) in [4.78, 5) is 22.8. The Bertz CT molecular complexity index is 813. The fourth-order valence-corrected chi connectivity index (χ4v) is 2.19. The van der Waals surface area contributed by atoms with Gasteiger partial charge in [0.25, 0.3) is 0 Å². The number of hydrogen-bond donors (Lipinski definition) is 0. The SMILES string of the molecule is CC(C)(OC(=O)Oc1cc(C(=O)[O-])ccc1C(F)(F)F)c1ccccc1. The van der Waals surface area contributed by atoms with E-state index in [9.17, 15) is 27.9 Å². The number of ether oxygens (including phenoxy) is 2. The zero-order chi connectivity index (χ0) is 19.5. The molecule has 0 radical (unpaired) electrons. The van der Waals surface area contributed by atoms with Gasteiger partial charge in [0, 0.05) is 5.56 Å². The van der Waals surface area contributed by atoms with Crippen molar-refractivity contribution in [2.45, 2.75) is 25.6 Å². The molecule has 138 valence electrons. The second-order valence-corrected chi connectivity index (χ2v) is 5.83. The second-order valence-electron chi connectivity index (χ2n) is 5.83. The molecule has 0 fully saturated rings. The van der Waals surface area contributed by atoms with Gasteiger partial charge in [0.15, 0.2) is 0 Å². The van der Waals surface area contributed by atoms with Crippen molar-refractivity contribution in [3.8, 4) is 5.75 Å². The van der Waals surface area contributed by atoms with Crippen molar-refractivity contribution in [3.05, 3.63) is 65.2 Å². The maximum Gasteiger partial charge on any atom is 0.514 e. The van der Waals surface area contributed by atoms with Crippen LogP contribution in [0.5, 0.6) is 5.75 Å². The first kappa shape index (κ1) is 19.3. The Morgan fingerprint density at radius 2 is 1.62 bits per heavy atom. The largest absolute Gasteiger partial charge is 0.545 e. The van der Waals surface area contributed by atoms with Crippen LogP contribution in [-0.4, -0.2) is 12.1 Å². The van der Waals surface area contributed by atoms with E-state index in [1.165, 1.54) is 13.8 Å². The summed E-state index contributed by atoms with van der Waals surface area (Å²) in [6, 6.07) is 10.3. The highest BCUT2D eigenvalue weighted by Gasteiger charge is 2.36. The summed E-state index contributed by atoms with van der Waals surface area (Å²) in [6.07, 6.45) is -6.26. The summed E-state index contributed by atoms with van der Waals surface area (Å²) in [5.41, 5.74) is -2.46. The number of carbonyl (C=O) groups is 2. The molecule has 0 aliphatic carbocycles. The van der Waals surface area contributed by atoms with Crippen LogP contribution in [0.15, 0.2) is 48.5 Å². The number of rotatable bonds is 4. The normalized spacial score (nSPS) is 11.7. The maximum atomic E-state index is 13.0. The van der Waals surface area contributed by atoms with Crippen molar-refractivity contribution < 1.29 is 37.3 Å². The lowest BCUT2D eigenvalue weighted by Crippen LogP contribution is -2.28. The summed E-state index contributed by atoms with van der Waals surface area (Å²) in [7, 11) is 0. The molecule has 5 nitrogen and oxygen atoms in total.